The normalized spacial score (nSPS) is 25.8. The molecule has 0 amide bonds. The maximum Gasteiger partial charge on any atom is 0.122 e. The minimum atomic E-state index is -0.358. The largest absolute Gasteiger partial charge is 0.496 e. The van der Waals surface area contributed by atoms with E-state index in [1.807, 2.05) is 31.2 Å². The van der Waals surface area contributed by atoms with Crippen LogP contribution >= 0.6 is 0 Å². The Kier molecular flexibility index (Phi) is 4.02. The lowest BCUT2D eigenvalue weighted by Gasteiger charge is -2.21. The van der Waals surface area contributed by atoms with Crippen LogP contribution in [-0.4, -0.2) is 31.0 Å². The molecule has 3 atom stereocenters. The number of aliphatic hydroxyl groups is 1. The number of benzene rings is 1. The fraction of sp³-hybridized carbons (Fsp3) is 0.571. The van der Waals surface area contributed by atoms with Crippen molar-refractivity contribution in [2.24, 2.45) is 5.92 Å². The summed E-state index contributed by atoms with van der Waals surface area (Å²) in [7, 11) is 1.66. The molecule has 0 saturated carbocycles. The molecule has 0 aromatic heterocycles. The van der Waals surface area contributed by atoms with E-state index in [0.717, 1.165) is 24.3 Å². The third kappa shape index (κ3) is 2.79. The molecule has 1 heterocycles. The average Bonchev–Trinajstić information content (AvgIpc) is 2.76. The molecule has 0 spiro atoms. The Hall–Kier alpha value is -1.06. The topological polar surface area (TPSA) is 38.7 Å². The zero-order chi connectivity index (χ0) is 12.3. The molecular weight excluding hydrogens is 216 g/mol. The first-order valence-corrected chi connectivity index (χ1v) is 6.14. The summed E-state index contributed by atoms with van der Waals surface area (Å²) >= 11 is 0. The van der Waals surface area contributed by atoms with E-state index in [9.17, 15) is 5.11 Å². The van der Waals surface area contributed by atoms with Gasteiger partial charge in [0.05, 0.1) is 19.3 Å². The summed E-state index contributed by atoms with van der Waals surface area (Å²) in [6.07, 6.45) is 1.36. The van der Waals surface area contributed by atoms with Crippen LogP contribution in [0.5, 0.6) is 5.75 Å². The number of hydrogen-bond acceptors (Lipinski definition) is 3. The minimum Gasteiger partial charge on any atom is -0.496 e. The molecule has 3 nitrogen and oxygen atoms in total. The Bertz CT molecular complexity index is 364. The standard InChI is InChI=1S/C14H20O3/c1-10-12(7-8-17-10)13(15)9-11-5-3-4-6-14(11)16-2/h3-6,10,12-13,15H,7-9H2,1-2H3. The molecule has 1 N–H and O–H groups in total. The summed E-state index contributed by atoms with van der Waals surface area (Å²) in [5, 5.41) is 10.3. The highest BCUT2D eigenvalue weighted by Gasteiger charge is 2.31. The van der Waals surface area contributed by atoms with Gasteiger partial charge in [-0.2, -0.15) is 0 Å². The summed E-state index contributed by atoms with van der Waals surface area (Å²) in [4.78, 5) is 0. The third-order valence-corrected chi connectivity index (χ3v) is 3.55. The second kappa shape index (κ2) is 5.52. The van der Waals surface area contributed by atoms with Crippen LogP contribution in [0, 0.1) is 5.92 Å². The highest BCUT2D eigenvalue weighted by Crippen LogP contribution is 2.28. The fourth-order valence-corrected chi connectivity index (χ4v) is 2.50. The van der Waals surface area contributed by atoms with Crippen LogP contribution in [0.4, 0.5) is 0 Å². The van der Waals surface area contributed by atoms with Crippen molar-refractivity contribution in [3.63, 3.8) is 0 Å². The Labute approximate surface area is 102 Å². The van der Waals surface area contributed by atoms with Gasteiger partial charge >= 0.3 is 0 Å². The lowest BCUT2D eigenvalue weighted by atomic mass is 9.91. The van der Waals surface area contributed by atoms with Crippen LogP contribution < -0.4 is 4.74 Å². The van der Waals surface area contributed by atoms with Crippen molar-refractivity contribution in [1.29, 1.82) is 0 Å². The second-order valence-electron chi connectivity index (χ2n) is 4.61. The van der Waals surface area contributed by atoms with Gasteiger partial charge in [-0.15, -0.1) is 0 Å². The van der Waals surface area contributed by atoms with Crippen LogP contribution in [0.3, 0.4) is 0 Å². The summed E-state index contributed by atoms with van der Waals surface area (Å²) in [5.41, 5.74) is 1.06. The van der Waals surface area contributed by atoms with Gasteiger partial charge in [-0.25, -0.2) is 0 Å². The van der Waals surface area contributed by atoms with Gasteiger partial charge in [-0.05, 0) is 25.0 Å². The molecule has 0 aliphatic carbocycles. The van der Waals surface area contributed by atoms with Crippen molar-refractivity contribution in [3.8, 4) is 5.75 Å². The van der Waals surface area contributed by atoms with Gasteiger partial charge in [-0.3, -0.25) is 0 Å². The fourth-order valence-electron chi connectivity index (χ4n) is 2.50. The zero-order valence-corrected chi connectivity index (χ0v) is 10.4. The maximum atomic E-state index is 10.3. The Morgan fingerprint density at radius 2 is 2.24 bits per heavy atom. The number of para-hydroxylation sites is 1. The van der Waals surface area contributed by atoms with Crippen LogP contribution in [0.15, 0.2) is 24.3 Å². The molecule has 1 aromatic carbocycles. The van der Waals surface area contributed by atoms with Crippen LogP contribution in [0.2, 0.25) is 0 Å². The average molecular weight is 236 g/mol. The van der Waals surface area contributed by atoms with E-state index in [0.29, 0.717) is 6.42 Å². The van der Waals surface area contributed by atoms with E-state index in [2.05, 4.69) is 0 Å². The summed E-state index contributed by atoms with van der Waals surface area (Å²) in [6.45, 7) is 2.79. The number of aliphatic hydroxyl groups excluding tert-OH is 1. The monoisotopic (exact) mass is 236 g/mol. The predicted molar refractivity (Wildman–Crippen MR) is 66.2 cm³/mol. The smallest absolute Gasteiger partial charge is 0.122 e. The highest BCUT2D eigenvalue weighted by molar-refractivity contribution is 5.33. The molecule has 1 aliphatic rings. The van der Waals surface area contributed by atoms with E-state index in [-0.39, 0.29) is 18.1 Å². The van der Waals surface area contributed by atoms with Crippen LogP contribution in [0.25, 0.3) is 0 Å². The Balaban J connectivity index is 2.04. The number of hydrogen-bond donors (Lipinski definition) is 1. The van der Waals surface area contributed by atoms with Crippen molar-refractivity contribution < 1.29 is 14.6 Å². The van der Waals surface area contributed by atoms with E-state index in [1.54, 1.807) is 7.11 Å². The highest BCUT2D eigenvalue weighted by atomic mass is 16.5. The number of methoxy groups -OCH3 is 1. The van der Waals surface area contributed by atoms with Gasteiger partial charge in [0.1, 0.15) is 5.75 Å². The SMILES string of the molecule is COc1ccccc1CC(O)C1CCOC1C. The molecule has 94 valence electrons. The van der Waals surface area contributed by atoms with Crippen LogP contribution in [0.1, 0.15) is 18.9 Å². The molecule has 1 fully saturated rings. The van der Waals surface area contributed by atoms with Crippen molar-refractivity contribution in [1.82, 2.24) is 0 Å². The molecule has 1 aliphatic heterocycles. The van der Waals surface area contributed by atoms with E-state index < -0.39 is 0 Å². The first-order valence-electron chi connectivity index (χ1n) is 6.14. The van der Waals surface area contributed by atoms with Gasteiger partial charge in [0, 0.05) is 18.9 Å². The molecule has 0 bridgehead atoms. The third-order valence-electron chi connectivity index (χ3n) is 3.55. The second-order valence-corrected chi connectivity index (χ2v) is 4.61. The maximum absolute atomic E-state index is 10.3. The molecule has 1 saturated heterocycles. The van der Waals surface area contributed by atoms with Crippen molar-refractivity contribution in [2.45, 2.75) is 32.0 Å². The quantitative estimate of drug-likeness (QED) is 0.869. The van der Waals surface area contributed by atoms with Gasteiger partial charge in [0.15, 0.2) is 0 Å². The van der Waals surface area contributed by atoms with E-state index in [1.165, 1.54) is 0 Å². The van der Waals surface area contributed by atoms with Crippen molar-refractivity contribution in [2.75, 3.05) is 13.7 Å². The predicted octanol–water partition coefficient (Wildman–Crippen LogP) is 2.02. The van der Waals surface area contributed by atoms with Gasteiger partial charge in [0.2, 0.25) is 0 Å². The zero-order valence-electron chi connectivity index (χ0n) is 10.4. The van der Waals surface area contributed by atoms with E-state index in [4.69, 9.17) is 9.47 Å². The lowest BCUT2D eigenvalue weighted by molar-refractivity contribution is 0.0438. The first kappa shape index (κ1) is 12.4. The Morgan fingerprint density at radius 1 is 1.47 bits per heavy atom. The molecule has 1 aromatic rings. The van der Waals surface area contributed by atoms with Crippen molar-refractivity contribution in [3.05, 3.63) is 29.8 Å². The summed E-state index contributed by atoms with van der Waals surface area (Å²) in [5.74, 6) is 1.08. The molecular formula is C14H20O3. The molecule has 3 heteroatoms. The summed E-state index contributed by atoms with van der Waals surface area (Å²) in [6, 6.07) is 7.84. The van der Waals surface area contributed by atoms with Gasteiger partial charge in [-0.1, -0.05) is 18.2 Å². The molecule has 17 heavy (non-hydrogen) atoms. The van der Waals surface area contributed by atoms with Crippen molar-refractivity contribution >= 4 is 0 Å². The lowest BCUT2D eigenvalue weighted by Crippen LogP contribution is -2.28. The summed E-state index contributed by atoms with van der Waals surface area (Å²) < 4.78 is 10.8. The minimum absolute atomic E-state index is 0.153. The number of ether oxygens (including phenoxy) is 2. The van der Waals surface area contributed by atoms with Gasteiger partial charge < -0.3 is 14.6 Å². The van der Waals surface area contributed by atoms with E-state index >= 15 is 0 Å². The number of rotatable bonds is 4. The van der Waals surface area contributed by atoms with Gasteiger partial charge in [0.25, 0.3) is 0 Å². The Morgan fingerprint density at radius 3 is 2.88 bits per heavy atom. The molecule has 2 rings (SSSR count). The first-order chi connectivity index (χ1) is 8.22. The van der Waals surface area contributed by atoms with Crippen LogP contribution in [-0.2, 0) is 11.2 Å². The molecule has 3 unspecified atom stereocenters. The molecule has 0 radical (unpaired) electrons.